The van der Waals surface area contributed by atoms with E-state index in [4.69, 9.17) is 5.73 Å². The van der Waals surface area contributed by atoms with Crippen molar-refractivity contribution in [2.45, 2.75) is 32.6 Å². The monoisotopic (exact) mass is 430 g/mol. The van der Waals surface area contributed by atoms with Crippen LogP contribution in [0.3, 0.4) is 0 Å². The van der Waals surface area contributed by atoms with Gasteiger partial charge in [-0.2, -0.15) is 18.3 Å². The fourth-order valence-electron chi connectivity index (χ4n) is 3.60. The molecule has 11 heteroatoms. The summed E-state index contributed by atoms with van der Waals surface area (Å²) in [5.74, 6) is -0.725. The molecular formula is C20H17F3N6O2. The molecule has 2 N–H and O–H groups in total. The molecule has 0 fully saturated rings. The molecule has 8 nitrogen and oxygen atoms in total. The molecule has 4 rings (SSSR count). The van der Waals surface area contributed by atoms with Crippen molar-refractivity contribution in [3.05, 3.63) is 70.4 Å². The minimum absolute atomic E-state index is 0.0596. The molecule has 0 saturated heterocycles. The molecule has 1 aliphatic heterocycles. The number of aromatic nitrogens is 4. The van der Waals surface area contributed by atoms with Gasteiger partial charge in [-0.25, -0.2) is 9.67 Å². The fraction of sp³-hybridized carbons (Fsp3) is 0.250. The lowest BCUT2D eigenvalue weighted by molar-refractivity contribution is -0.137. The van der Waals surface area contributed by atoms with Crippen molar-refractivity contribution >= 4 is 11.8 Å². The highest BCUT2D eigenvalue weighted by molar-refractivity contribution is 6.03. The van der Waals surface area contributed by atoms with Gasteiger partial charge in [-0.1, -0.05) is 0 Å². The minimum Gasteiger partial charge on any atom is -0.364 e. The van der Waals surface area contributed by atoms with Gasteiger partial charge in [-0.15, -0.1) is 0 Å². The summed E-state index contributed by atoms with van der Waals surface area (Å²) in [5, 5.41) is 3.75. The molecule has 3 aromatic rings. The Bertz CT molecular complexity index is 1200. The zero-order valence-electron chi connectivity index (χ0n) is 16.5. The number of carbonyl (C=O) groups excluding carboxylic acids is 2. The van der Waals surface area contributed by atoms with Crippen LogP contribution < -0.4 is 5.73 Å². The number of primary amides is 1. The lowest BCUT2D eigenvalue weighted by atomic mass is 10.1. The summed E-state index contributed by atoms with van der Waals surface area (Å²) in [6.45, 7) is 3.66. The molecule has 0 spiro atoms. The Morgan fingerprint density at radius 1 is 1.26 bits per heavy atom. The maximum Gasteiger partial charge on any atom is 0.419 e. The normalized spacial score (nSPS) is 14.6. The van der Waals surface area contributed by atoms with Gasteiger partial charge in [0.2, 0.25) is 0 Å². The van der Waals surface area contributed by atoms with E-state index in [9.17, 15) is 22.8 Å². The van der Waals surface area contributed by atoms with Crippen LogP contribution in [0, 0.1) is 6.92 Å². The van der Waals surface area contributed by atoms with Crippen molar-refractivity contribution in [3.8, 4) is 5.82 Å². The number of halogens is 3. The van der Waals surface area contributed by atoms with E-state index in [0.29, 0.717) is 22.3 Å². The molecule has 3 aromatic heterocycles. The molecule has 1 unspecified atom stereocenters. The van der Waals surface area contributed by atoms with Crippen molar-refractivity contribution in [2.75, 3.05) is 0 Å². The Labute approximate surface area is 174 Å². The smallest absolute Gasteiger partial charge is 0.364 e. The Morgan fingerprint density at radius 2 is 2.00 bits per heavy atom. The maximum absolute atomic E-state index is 12.9. The molecule has 2 amide bonds. The molecule has 4 heterocycles. The summed E-state index contributed by atoms with van der Waals surface area (Å²) >= 11 is 0. The largest absolute Gasteiger partial charge is 0.419 e. The number of amides is 2. The van der Waals surface area contributed by atoms with E-state index < -0.39 is 23.7 Å². The molecule has 160 valence electrons. The Balaban J connectivity index is 1.62. The fourth-order valence-corrected chi connectivity index (χ4v) is 3.60. The van der Waals surface area contributed by atoms with E-state index in [-0.39, 0.29) is 24.0 Å². The van der Waals surface area contributed by atoms with Crippen LogP contribution in [-0.4, -0.2) is 36.5 Å². The first-order valence-electron chi connectivity index (χ1n) is 9.25. The summed E-state index contributed by atoms with van der Waals surface area (Å²) in [6.07, 6.45) is -0.0276. The minimum atomic E-state index is -4.50. The van der Waals surface area contributed by atoms with Gasteiger partial charge in [0.1, 0.15) is 5.69 Å². The maximum atomic E-state index is 12.9. The number of hydrogen-bond acceptors (Lipinski definition) is 5. The predicted octanol–water partition coefficient (Wildman–Crippen LogP) is 2.81. The van der Waals surface area contributed by atoms with Gasteiger partial charge in [0.05, 0.1) is 17.8 Å². The summed E-state index contributed by atoms with van der Waals surface area (Å²) < 4.78 is 39.6. The molecular weight excluding hydrogens is 413 g/mol. The van der Waals surface area contributed by atoms with E-state index in [0.717, 1.165) is 17.1 Å². The van der Waals surface area contributed by atoms with Gasteiger partial charge in [0.15, 0.2) is 5.82 Å². The van der Waals surface area contributed by atoms with E-state index in [1.165, 1.54) is 12.4 Å². The van der Waals surface area contributed by atoms with Crippen LogP contribution in [0.2, 0.25) is 0 Å². The van der Waals surface area contributed by atoms with Crippen molar-refractivity contribution in [1.82, 2.24) is 24.6 Å². The molecule has 31 heavy (non-hydrogen) atoms. The van der Waals surface area contributed by atoms with Gasteiger partial charge in [-0.3, -0.25) is 14.6 Å². The zero-order valence-corrected chi connectivity index (χ0v) is 16.5. The number of pyridine rings is 2. The highest BCUT2D eigenvalue weighted by atomic mass is 19.4. The number of rotatable bonds is 4. The zero-order chi connectivity index (χ0) is 22.5. The highest BCUT2D eigenvalue weighted by Gasteiger charge is 2.35. The lowest BCUT2D eigenvalue weighted by Crippen LogP contribution is -2.27. The third-order valence-corrected chi connectivity index (χ3v) is 5.26. The van der Waals surface area contributed by atoms with E-state index >= 15 is 0 Å². The van der Waals surface area contributed by atoms with Gasteiger partial charge >= 0.3 is 6.18 Å². The summed E-state index contributed by atoms with van der Waals surface area (Å²) in [7, 11) is 0. The molecule has 1 atom stereocenters. The number of aryl methyl sites for hydroxylation is 1. The van der Waals surface area contributed by atoms with Crippen molar-refractivity contribution in [2.24, 2.45) is 5.73 Å². The lowest BCUT2D eigenvalue weighted by Gasteiger charge is -2.25. The first kappa shape index (κ1) is 20.5. The first-order valence-corrected chi connectivity index (χ1v) is 9.25. The highest BCUT2D eigenvalue weighted by Crippen LogP contribution is 2.33. The van der Waals surface area contributed by atoms with Crippen LogP contribution in [-0.2, 0) is 12.7 Å². The van der Waals surface area contributed by atoms with E-state index in [2.05, 4.69) is 15.1 Å². The third-order valence-electron chi connectivity index (χ3n) is 5.26. The number of alkyl halides is 3. The number of hydrogen-bond donors (Lipinski definition) is 1. The van der Waals surface area contributed by atoms with Gasteiger partial charge < -0.3 is 10.6 Å². The summed E-state index contributed by atoms with van der Waals surface area (Å²) in [5.41, 5.74) is 6.67. The number of nitrogens with two attached hydrogens (primary N) is 1. The van der Waals surface area contributed by atoms with Crippen LogP contribution in [0.15, 0.2) is 36.9 Å². The molecule has 0 saturated carbocycles. The van der Waals surface area contributed by atoms with Crippen molar-refractivity contribution < 1.29 is 22.8 Å². The van der Waals surface area contributed by atoms with Crippen LogP contribution >= 0.6 is 0 Å². The summed E-state index contributed by atoms with van der Waals surface area (Å²) in [6, 6.07) is 2.87. The first-order chi connectivity index (χ1) is 14.6. The molecule has 0 radical (unpaired) electrons. The van der Waals surface area contributed by atoms with Crippen LogP contribution in [0.25, 0.3) is 5.82 Å². The standard InChI is InChI=1S/C20H17F3N6O2/c1-10-5-12(6-26-18(10)29-8-13(7-27-29)20(21,22)23)11(2)28-9-15-14(19(28)31)3-4-25-16(15)17(24)30/h3-8,11H,9H2,1-2H3,(H2,24,30). The van der Waals surface area contributed by atoms with E-state index in [1.54, 1.807) is 30.9 Å². The number of carbonyl (C=O) groups is 2. The van der Waals surface area contributed by atoms with Gasteiger partial charge in [0.25, 0.3) is 11.8 Å². The average Bonchev–Trinajstić information content (AvgIpc) is 3.32. The quantitative estimate of drug-likeness (QED) is 0.685. The average molecular weight is 430 g/mol. The second kappa shape index (κ2) is 7.18. The van der Waals surface area contributed by atoms with Crippen LogP contribution in [0.1, 0.15) is 56.1 Å². The molecule has 0 aromatic carbocycles. The molecule has 0 bridgehead atoms. The number of nitrogens with zero attached hydrogens (tertiary/aromatic N) is 5. The Hall–Kier alpha value is -3.76. The van der Waals surface area contributed by atoms with Crippen LogP contribution in [0.4, 0.5) is 13.2 Å². The number of fused-ring (bicyclic) bond motifs is 1. The van der Waals surface area contributed by atoms with Gasteiger partial charge in [-0.05, 0) is 37.1 Å². The molecule has 0 aliphatic carbocycles. The van der Waals surface area contributed by atoms with Crippen molar-refractivity contribution in [3.63, 3.8) is 0 Å². The SMILES string of the molecule is Cc1cc(C(C)N2Cc3c(ccnc3C(N)=O)C2=O)cnc1-n1cc(C(F)(F)F)cn1. The summed E-state index contributed by atoms with van der Waals surface area (Å²) in [4.78, 5) is 34.3. The third kappa shape index (κ3) is 3.51. The topological polar surface area (TPSA) is 107 Å². The van der Waals surface area contributed by atoms with Crippen LogP contribution in [0.5, 0.6) is 0 Å². The molecule has 1 aliphatic rings. The van der Waals surface area contributed by atoms with Crippen molar-refractivity contribution in [1.29, 1.82) is 0 Å². The second-order valence-electron chi connectivity index (χ2n) is 7.24. The predicted molar refractivity (Wildman–Crippen MR) is 102 cm³/mol. The van der Waals surface area contributed by atoms with Gasteiger partial charge in [0, 0.05) is 36.3 Å². The Morgan fingerprint density at radius 3 is 2.61 bits per heavy atom. The Kier molecular flexibility index (Phi) is 4.75. The van der Waals surface area contributed by atoms with E-state index in [1.807, 2.05) is 0 Å². The second-order valence-corrected chi connectivity index (χ2v) is 7.24.